The highest BCUT2D eigenvalue weighted by molar-refractivity contribution is 6.09. The van der Waals surface area contributed by atoms with Gasteiger partial charge >= 0.3 is 11.9 Å². The van der Waals surface area contributed by atoms with Gasteiger partial charge in [0.25, 0.3) is 22.9 Å². The first kappa shape index (κ1) is 18.4. The summed E-state index contributed by atoms with van der Waals surface area (Å²) >= 11 is 0. The molecule has 1 aliphatic heterocycles. The number of hydrogen-bond acceptors (Lipinski definition) is 5. The van der Waals surface area contributed by atoms with E-state index in [4.69, 9.17) is 0 Å². The molecule has 0 fully saturated rings. The van der Waals surface area contributed by atoms with Crippen LogP contribution in [-0.2, 0) is 24.4 Å². The Hall–Kier alpha value is -3.44. The van der Waals surface area contributed by atoms with Gasteiger partial charge in [0.05, 0.1) is 5.56 Å². The molecule has 12 heteroatoms. The molecule has 142 valence electrons. The summed E-state index contributed by atoms with van der Waals surface area (Å²) < 4.78 is 43.2. The molecule has 1 aliphatic rings. The lowest BCUT2D eigenvalue weighted by Gasteiger charge is -2.30. The number of nitrogens with one attached hydrogen (secondary N) is 2. The van der Waals surface area contributed by atoms with Crippen LogP contribution >= 0.6 is 0 Å². The van der Waals surface area contributed by atoms with Gasteiger partial charge in [-0.15, -0.1) is 0 Å². The summed E-state index contributed by atoms with van der Waals surface area (Å²) in [6, 6.07) is 2.51. The summed E-state index contributed by atoms with van der Waals surface area (Å²) in [7, 11) is 2.06. The SMILES string of the molecule is Cn1c2c(c(=O)n(C)c1=O)[C@@](NC(=O)c1cccnc1)(C(F)(F)F)C(=O)N2. The molecule has 2 amide bonds. The summed E-state index contributed by atoms with van der Waals surface area (Å²) in [4.78, 5) is 52.8. The van der Waals surface area contributed by atoms with Crippen LogP contribution in [0.2, 0.25) is 0 Å². The normalized spacial score (nSPS) is 18.8. The first-order chi connectivity index (χ1) is 12.5. The molecule has 3 rings (SSSR count). The van der Waals surface area contributed by atoms with Gasteiger partial charge in [0.2, 0.25) is 0 Å². The van der Waals surface area contributed by atoms with Crippen molar-refractivity contribution in [3.8, 4) is 0 Å². The van der Waals surface area contributed by atoms with Crippen LogP contribution in [0.1, 0.15) is 15.9 Å². The molecule has 0 spiro atoms. The summed E-state index contributed by atoms with van der Waals surface area (Å²) in [6.07, 6.45) is -3.06. The number of halogens is 3. The Morgan fingerprint density at radius 3 is 2.44 bits per heavy atom. The Bertz CT molecular complexity index is 1070. The molecule has 0 saturated carbocycles. The topological polar surface area (TPSA) is 115 Å². The Morgan fingerprint density at radius 2 is 1.89 bits per heavy atom. The van der Waals surface area contributed by atoms with E-state index in [1.165, 1.54) is 18.3 Å². The molecule has 0 saturated heterocycles. The van der Waals surface area contributed by atoms with E-state index in [1.54, 1.807) is 5.32 Å². The van der Waals surface area contributed by atoms with Crippen molar-refractivity contribution in [3.63, 3.8) is 0 Å². The van der Waals surface area contributed by atoms with Gasteiger partial charge in [-0.1, -0.05) is 0 Å². The third kappa shape index (κ3) is 2.44. The van der Waals surface area contributed by atoms with Crippen LogP contribution in [-0.4, -0.2) is 32.1 Å². The zero-order chi connectivity index (χ0) is 20.1. The lowest BCUT2D eigenvalue weighted by atomic mass is 9.91. The minimum Gasteiger partial charge on any atom is -0.326 e. The second-order valence-corrected chi connectivity index (χ2v) is 5.83. The maximum atomic E-state index is 14.0. The van der Waals surface area contributed by atoms with E-state index in [0.717, 1.165) is 20.3 Å². The smallest absolute Gasteiger partial charge is 0.326 e. The Kier molecular flexibility index (Phi) is 3.94. The first-order valence-corrected chi connectivity index (χ1v) is 7.43. The van der Waals surface area contributed by atoms with Crippen LogP contribution in [0.5, 0.6) is 0 Å². The predicted octanol–water partition coefficient (Wildman–Crippen LogP) is -0.381. The minimum absolute atomic E-state index is 0.246. The van der Waals surface area contributed by atoms with Gasteiger partial charge < -0.3 is 10.6 Å². The predicted molar refractivity (Wildman–Crippen MR) is 85.0 cm³/mol. The number of pyridine rings is 1. The van der Waals surface area contributed by atoms with Crippen LogP contribution in [0.25, 0.3) is 0 Å². The number of anilines is 1. The van der Waals surface area contributed by atoms with Gasteiger partial charge in [0.15, 0.2) is 0 Å². The van der Waals surface area contributed by atoms with E-state index in [2.05, 4.69) is 4.98 Å². The lowest BCUT2D eigenvalue weighted by Crippen LogP contribution is -2.62. The van der Waals surface area contributed by atoms with Gasteiger partial charge in [0.1, 0.15) is 11.4 Å². The maximum Gasteiger partial charge on any atom is 0.425 e. The van der Waals surface area contributed by atoms with Gasteiger partial charge in [-0.3, -0.25) is 28.5 Å². The molecule has 0 aliphatic carbocycles. The van der Waals surface area contributed by atoms with Gasteiger partial charge in [0, 0.05) is 26.5 Å². The van der Waals surface area contributed by atoms with Crippen molar-refractivity contribution in [2.75, 3.05) is 5.32 Å². The highest BCUT2D eigenvalue weighted by atomic mass is 19.4. The molecule has 2 aromatic heterocycles. The van der Waals surface area contributed by atoms with E-state index in [9.17, 15) is 32.3 Å². The van der Waals surface area contributed by atoms with Crippen LogP contribution in [0.4, 0.5) is 19.0 Å². The zero-order valence-electron chi connectivity index (χ0n) is 13.9. The second kappa shape index (κ2) is 5.79. The van der Waals surface area contributed by atoms with Crippen molar-refractivity contribution in [1.29, 1.82) is 0 Å². The quantitative estimate of drug-likeness (QED) is 0.734. The fraction of sp³-hybridized carbons (Fsp3) is 0.267. The van der Waals surface area contributed by atoms with Crippen LogP contribution in [0.15, 0.2) is 34.1 Å². The average Bonchev–Trinajstić information content (AvgIpc) is 2.92. The first-order valence-electron chi connectivity index (χ1n) is 7.43. The molecular weight excluding hydrogens is 371 g/mol. The van der Waals surface area contributed by atoms with E-state index >= 15 is 0 Å². The zero-order valence-corrected chi connectivity index (χ0v) is 13.9. The molecule has 2 aromatic rings. The maximum absolute atomic E-state index is 14.0. The van der Waals surface area contributed by atoms with Crippen molar-refractivity contribution >= 4 is 17.6 Å². The van der Waals surface area contributed by atoms with Crippen molar-refractivity contribution in [2.24, 2.45) is 14.1 Å². The molecule has 9 nitrogen and oxygen atoms in total. The fourth-order valence-electron chi connectivity index (χ4n) is 2.84. The molecule has 27 heavy (non-hydrogen) atoms. The lowest BCUT2D eigenvalue weighted by molar-refractivity contribution is -0.196. The standard InChI is InChI=1S/C15H12F3N5O4/c1-22-9-8(11(25)23(2)13(22)27)14(12(26)20-9,15(16,17)18)21-10(24)7-4-3-5-19-6-7/h3-6H,1-2H3,(H,20,26)(H,21,24)/t14-/m0/s1. The Balaban J connectivity index is 2.30. The number of amides is 2. The number of nitrogens with zero attached hydrogens (tertiary/aromatic N) is 3. The van der Waals surface area contributed by atoms with Crippen LogP contribution in [0.3, 0.4) is 0 Å². The summed E-state index contributed by atoms with van der Waals surface area (Å²) in [5.41, 5.74) is -7.27. The van der Waals surface area contributed by atoms with Gasteiger partial charge in [-0.2, -0.15) is 13.2 Å². The Labute approximate surface area is 148 Å². The van der Waals surface area contributed by atoms with E-state index in [0.29, 0.717) is 9.13 Å². The third-order valence-corrected chi connectivity index (χ3v) is 4.26. The Morgan fingerprint density at radius 1 is 1.22 bits per heavy atom. The number of hydrogen-bond donors (Lipinski definition) is 2. The van der Waals surface area contributed by atoms with E-state index in [-0.39, 0.29) is 5.56 Å². The summed E-state index contributed by atoms with van der Waals surface area (Å²) in [5, 5.41) is 3.51. The second-order valence-electron chi connectivity index (χ2n) is 5.83. The fourth-order valence-corrected chi connectivity index (χ4v) is 2.84. The van der Waals surface area contributed by atoms with Crippen molar-refractivity contribution in [3.05, 3.63) is 56.5 Å². The molecule has 3 heterocycles. The number of carbonyl (C=O) groups excluding carboxylic acids is 2. The number of aromatic nitrogens is 3. The third-order valence-electron chi connectivity index (χ3n) is 4.26. The average molecular weight is 383 g/mol. The van der Waals surface area contributed by atoms with Crippen molar-refractivity contribution < 1.29 is 22.8 Å². The summed E-state index contributed by atoms with van der Waals surface area (Å²) in [5.74, 6) is -3.59. The highest BCUT2D eigenvalue weighted by Gasteiger charge is 2.68. The van der Waals surface area contributed by atoms with Gasteiger partial charge in [-0.25, -0.2) is 4.79 Å². The molecule has 0 radical (unpaired) electrons. The molecule has 0 aromatic carbocycles. The van der Waals surface area contributed by atoms with E-state index < -0.39 is 46.2 Å². The van der Waals surface area contributed by atoms with Gasteiger partial charge in [-0.05, 0) is 12.1 Å². The number of alkyl halides is 3. The van der Waals surface area contributed by atoms with E-state index in [1.807, 2.05) is 5.32 Å². The molecule has 0 bridgehead atoms. The number of rotatable bonds is 2. The molecular formula is C15H12F3N5O4. The van der Waals surface area contributed by atoms with Crippen molar-refractivity contribution in [1.82, 2.24) is 19.4 Å². The monoisotopic (exact) mass is 383 g/mol. The largest absolute Gasteiger partial charge is 0.425 e. The minimum atomic E-state index is -5.37. The number of fused-ring (bicyclic) bond motifs is 1. The van der Waals surface area contributed by atoms with Crippen LogP contribution < -0.4 is 21.9 Å². The highest BCUT2D eigenvalue weighted by Crippen LogP contribution is 2.44. The van der Waals surface area contributed by atoms with Crippen LogP contribution in [0, 0.1) is 0 Å². The van der Waals surface area contributed by atoms with Crippen molar-refractivity contribution in [2.45, 2.75) is 11.7 Å². The summed E-state index contributed by atoms with van der Waals surface area (Å²) in [6.45, 7) is 0. The molecule has 0 unspecified atom stereocenters. The number of carbonyl (C=O) groups is 2. The molecule has 2 N–H and O–H groups in total. The molecule has 1 atom stereocenters.